The van der Waals surface area contributed by atoms with Crippen LogP contribution in [-0.2, 0) is 0 Å². The highest BCUT2D eigenvalue weighted by Gasteiger charge is 2.15. The van der Waals surface area contributed by atoms with E-state index in [0.717, 1.165) is 10.2 Å². The molecule has 0 saturated carbocycles. The van der Waals surface area contributed by atoms with Crippen molar-refractivity contribution in [1.82, 2.24) is 0 Å². The summed E-state index contributed by atoms with van der Waals surface area (Å²) in [5.74, 6) is -0.950. The number of anilines is 2. The van der Waals surface area contributed by atoms with E-state index in [1.54, 1.807) is 25.1 Å². The summed E-state index contributed by atoms with van der Waals surface area (Å²) >= 11 is 3.37. The summed E-state index contributed by atoms with van der Waals surface area (Å²) in [6.45, 7) is 1.64. The van der Waals surface area contributed by atoms with E-state index in [1.165, 1.54) is 6.07 Å². The Morgan fingerprint density at radius 2 is 1.95 bits per heavy atom. The lowest BCUT2D eigenvalue weighted by Gasteiger charge is -2.18. The lowest BCUT2D eigenvalue weighted by Crippen LogP contribution is -2.18. The average molecular weight is 351 g/mol. The van der Waals surface area contributed by atoms with Crippen LogP contribution in [0.15, 0.2) is 40.9 Å². The monoisotopic (exact) mass is 350 g/mol. The Morgan fingerprint density at radius 3 is 2.62 bits per heavy atom. The predicted octanol–water partition coefficient (Wildman–Crippen LogP) is 4.21. The molecule has 3 nitrogen and oxygen atoms in total. The molecule has 0 aliphatic heterocycles. The summed E-state index contributed by atoms with van der Waals surface area (Å²) in [7, 11) is 3.76. The van der Waals surface area contributed by atoms with Crippen molar-refractivity contribution in [1.29, 1.82) is 0 Å². The zero-order chi connectivity index (χ0) is 15.6. The van der Waals surface area contributed by atoms with Gasteiger partial charge in [0.15, 0.2) is 0 Å². The van der Waals surface area contributed by atoms with Crippen LogP contribution in [0.1, 0.15) is 15.9 Å². The maximum Gasteiger partial charge on any atom is 0.258 e. The smallest absolute Gasteiger partial charge is 0.258 e. The van der Waals surface area contributed by atoms with Crippen LogP contribution in [0.25, 0.3) is 0 Å². The standard InChI is InChI=1S/C16H16BrFN2O/c1-10-5-4-6-12(15(10)18)16(21)19-13-9-11(17)7-8-14(13)20(2)3/h4-9H,1-3H3,(H,19,21). The van der Waals surface area contributed by atoms with Gasteiger partial charge in [0, 0.05) is 18.6 Å². The first-order chi connectivity index (χ1) is 9.90. The number of hydrogen-bond donors (Lipinski definition) is 1. The molecular formula is C16H16BrFN2O. The van der Waals surface area contributed by atoms with E-state index in [2.05, 4.69) is 21.2 Å². The minimum atomic E-state index is -0.489. The summed E-state index contributed by atoms with van der Waals surface area (Å²) in [4.78, 5) is 14.2. The van der Waals surface area contributed by atoms with Crippen LogP contribution < -0.4 is 10.2 Å². The Bertz CT molecular complexity index is 686. The maximum atomic E-state index is 14.0. The lowest BCUT2D eigenvalue weighted by molar-refractivity contribution is 0.102. The van der Waals surface area contributed by atoms with Gasteiger partial charge in [-0.15, -0.1) is 0 Å². The fraction of sp³-hybridized carbons (Fsp3) is 0.188. The van der Waals surface area contributed by atoms with Crippen molar-refractivity contribution in [2.45, 2.75) is 6.92 Å². The summed E-state index contributed by atoms with van der Waals surface area (Å²) in [5.41, 5.74) is 1.96. The predicted molar refractivity (Wildman–Crippen MR) is 87.6 cm³/mol. The highest BCUT2D eigenvalue weighted by molar-refractivity contribution is 9.10. The first-order valence-electron chi connectivity index (χ1n) is 6.43. The topological polar surface area (TPSA) is 32.3 Å². The number of amides is 1. The average Bonchev–Trinajstić information content (AvgIpc) is 2.41. The Balaban J connectivity index is 2.36. The Kier molecular flexibility index (Phi) is 4.63. The van der Waals surface area contributed by atoms with E-state index < -0.39 is 11.7 Å². The molecule has 0 radical (unpaired) electrons. The third-order valence-corrected chi connectivity index (χ3v) is 3.62. The van der Waals surface area contributed by atoms with Crippen molar-refractivity contribution >= 4 is 33.2 Å². The number of carbonyl (C=O) groups is 1. The maximum absolute atomic E-state index is 14.0. The molecule has 0 fully saturated rings. The van der Waals surface area contributed by atoms with Gasteiger partial charge in [0.1, 0.15) is 5.82 Å². The van der Waals surface area contributed by atoms with Crippen molar-refractivity contribution in [2.75, 3.05) is 24.3 Å². The van der Waals surface area contributed by atoms with E-state index >= 15 is 0 Å². The first-order valence-corrected chi connectivity index (χ1v) is 7.23. The number of nitrogens with zero attached hydrogens (tertiary/aromatic N) is 1. The molecule has 0 unspecified atom stereocenters. The molecule has 0 spiro atoms. The van der Waals surface area contributed by atoms with Gasteiger partial charge in [0.2, 0.25) is 0 Å². The Hall–Kier alpha value is -1.88. The molecule has 0 saturated heterocycles. The van der Waals surface area contributed by atoms with Gasteiger partial charge < -0.3 is 10.2 Å². The molecule has 0 bridgehead atoms. The zero-order valence-corrected chi connectivity index (χ0v) is 13.7. The number of hydrogen-bond acceptors (Lipinski definition) is 2. The number of rotatable bonds is 3. The highest BCUT2D eigenvalue weighted by atomic mass is 79.9. The Morgan fingerprint density at radius 1 is 1.24 bits per heavy atom. The van der Waals surface area contributed by atoms with Crippen molar-refractivity contribution in [3.63, 3.8) is 0 Å². The van der Waals surface area contributed by atoms with E-state index in [0.29, 0.717) is 11.3 Å². The normalized spacial score (nSPS) is 10.3. The van der Waals surface area contributed by atoms with Crippen LogP contribution in [0.2, 0.25) is 0 Å². The zero-order valence-electron chi connectivity index (χ0n) is 12.1. The van der Waals surface area contributed by atoms with E-state index in [-0.39, 0.29) is 5.56 Å². The number of aryl methyl sites for hydroxylation is 1. The molecule has 110 valence electrons. The third kappa shape index (κ3) is 3.42. The molecular weight excluding hydrogens is 335 g/mol. The minimum absolute atomic E-state index is 0.0414. The first kappa shape index (κ1) is 15.5. The molecule has 1 amide bonds. The lowest BCUT2D eigenvalue weighted by atomic mass is 10.1. The van der Waals surface area contributed by atoms with E-state index in [9.17, 15) is 9.18 Å². The number of benzene rings is 2. The molecule has 2 aromatic rings. The fourth-order valence-electron chi connectivity index (χ4n) is 2.01. The highest BCUT2D eigenvalue weighted by Crippen LogP contribution is 2.28. The van der Waals surface area contributed by atoms with Crippen molar-refractivity contribution in [3.8, 4) is 0 Å². The molecule has 21 heavy (non-hydrogen) atoms. The molecule has 0 aliphatic carbocycles. The van der Waals surface area contributed by atoms with Crippen LogP contribution >= 0.6 is 15.9 Å². The molecule has 2 aromatic carbocycles. The van der Waals surface area contributed by atoms with Gasteiger partial charge in [-0.25, -0.2) is 4.39 Å². The minimum Gasteiger partial charge on any atom is -0.376 e. The number of nitrogens with one attached hydrogen (secondary N) is 1. The summed E-state index contributed by atoms with van der Waals surface area (Å²) in [6, 6.07) is 10.3. The largest absolute Gasteiger partial charge is 0.376 e. The van der Waals surface area contributed by atoms with Gasteiger partial charge in [0.05, 0.1) is 16.9 Å². The van der Waals surface area contributed by atoms with E-state index in [4.69, 9.17) is 0 Å². The molecule has 0 heterocycles. The van der Waals surface area contributed by atoms with Crippen molar-refractivity contribution in [3.05, 3.63) is 57.8 Å². The fourth-order valence-corrected chi connectivity index (χ4v) is 2.37. The second-order valence-corrected chi connectivity index (χ2v) is 5.86. The molecule has 2 rings (SSSR count). The van der Waals surface area contributed by atoms with Crippen molar-refractivity contribution < 1.29 is 9.18 Å². The summed E-state index contributed by atoms with van der Waals surface area (Å²) in [6.07, 6.45) is 0. The number of carbonyl (C=O) groups excluding carboxylic acids is 1. The van der Waals surface area contributed by atoms with Crippen LogP contribution in [0.5, 0.6) is 0 Å². The summed E-state index contributed by atoms with van der Waals surface area (Å²) in [5, 5.41) is 2.77. The number of halogens is 2. The molecule has 5 heteroatoms. The van der Waals surface area contributed by atoms with E-state index in [1.807, 2.05) is 31.1 Å². The Labute approximate surface area is 131 Å². The summed E-state index contributed by atoms with van der Waals surface area (Å²) < 4.78 is 14.9. The van der Waals surface area contributed by atoms with Crippen LogP contribution in [-0.4, -0.2) is 20.0 Å². The van der Waals surface area contributed by atoms with Crippen LogP contribution in [0.3, 0.4) is 0 Å². The second kappa shape index (κ2) is 6.26. The molecule has 0 aromatic heterocycles. The quantitative estimate of drug-likeness (QED) is 0.898. The molecule has 0 aliphatic rings. The molecule has 0 atom stereocenters. The van der Waals surface area contributed by atoms with Crippen LogP contribution in [0, 0.1) is 12.7 Å². The van der Waals surface area contributed by atoms with Gasteiger partial charge in [-0.3, -0.25) is 4.79 Å². The van der Waals surface area contributed by atoms with Gasteiger partial charge in [-0.2, -0.15) is 0 Å². The van der Waals surface area contributed by atoms with Gasteiger partial charge in [-0.1, -0.05) is 28.1 Å². The molecule has 1 N–H and O–H groups in total. The van der Waals surface area contributed by atoms with Crippen LogP contribution in [0.4, 0.5) is 15.8 Å². The third-order valence-electron chi connectivity index (χ3n) is 3.13. The van der Waals surface area contributed by atoms with Gasteiger partial charge >= 0.3 is 0 Å². The van der Waals surface area contributed by atoms with Crippen molar-refractivity contribution in [2.24, 2.45) is 0 Å². The SMILES string of the molecule is Cc1cccc(C(=O)Nc2cc(Br)ccc2N(C)C)c1F. The second-order valence-electron chi connectivity index (χ2n) is 4.95. The van der Waals surface area contributed by atoms with Gasteiger partial charge in [0.25, 0.3) is 5.91 Å². The van der Waals surface area contributed by atoms with Gasteiger partial charge in [-0.05, 0) is 36.8 Å².